The SMILES string of the molecule is O=C(Nc1nc2c(s1)C[C@@H](N1CCOCC1)CC2)c1cccc([C@H]2CCCN2C(=O)C2=CCC(c3ccncc3)=C2)c1. The highest BCUT2D eigenvalue weighted by Gasteiger charge is 2.33. The standard InChI is InChI=1S/C33H35N5O3S/c39-31(36-33-35-28-9-8-27(21-30(28)42-33)37-15-17-41-18-16-37)25-4-1-3-24(20-25)29-5-2-14-38(29)32(40)26-7-6-23(19-26)22-10-12-34-13-11-22/h1,3-4,7,10-13,19-20,27,29H,2,5-6,8-9,14-18,21H2,(H,35,36,39)/t27-,29+/m0/s1. The third kappa shape index (κ3) is 5.56. The lowest BCUT2D eigenvalue weighted by Crippen LogP contribution is -2.45. The highest BCUT2D eigenvalue weighted by Crippen LogP contribution is 2.36. The number of morpholine rings is 1. The van der Waals surface area contributed by atoms with E-state index in [1.165, 1.54) is 4.88 Å². The van der Waals surface area contributed by atoms with Gasteiger partial charge < -0.3 is 9.64 Å². The van der Waals surface area contributed by atoms with E-state index in [9.17, 15) is 9.59 Å². The van der Waals surface area contributed by atoms with Gasteiger partial charge in [0.25, 0.3) is 11.8 Å². The summed E-state index contributed by atoms with van der Waals surface area (Å²) in [6.07, 6.45) is 13.2. The van der Waals surface area contributed by atoms with Crippen molar-refractivity contribution in [2.45, 2.75) is 50.6 Å². The second-order valence-corrected chi connectivity index (χ2v) is 12.5. The van der Waals surface area contributed by atoms with Crippen molar-refractivity contribution < 1.29 is 14.3 Å². The fourth-order valence-electron chi connectivity index (χ4n) is 6.69. The first kappa shape index (κ1) is 27.2. The van der Waals surface area contributed by atoms with Gasteiger partial charge in [0.1, 0.15) is 0 Å². The average Bonchev–Trinajstić information content (AvgIpc) is 3.81. The number of likely N-dealkylation sites (tertiary alicyclic amines) is 1. The molecule has 0 unspecified atom stereocenters. The van der Waals surface area contributed by atoms with E-state index in [4.69, 9.17) is 9.72 Å². The van der Waals surface area contributed by atoms with Crippen LogP contribution >= 0.6 is 11.3 Å². The number of aryl methyl sites for hydroxylation is 1. The Labute approximate surface area is 250 Å². The van der Waals surface area contributed by atoms with Crippen LogP contribution in [-0.2, 0) is 22.4 Å². The lowest BCUT2D eigenvalue weighted by atomic mass is 9.96. The molecule has 9 heteroatoms. The quantitative estimate of drug-likeness (QED) is 0.438. The van der Waals surface area contributed by atoms with Gasteiger partial charge in [0.15, 0.2) is 5.13 Å². The minimum absolute atomic E-state index is 0.0474. The minimum atomic E-state index is -0.160. The molecule has 2 aromatic heterocycles. The molecule has 8 nitrogen and oxygen atoms in total. The van der Waals surface area contributed by atoms with E-state index >= 15 is 0 Å². The summed E-state index contributed by atoms with van der Waals surface area (Å²) >= 11 is 1.60. The number of thiazole rings is 1. The number of carbonyl (C=O) groups excluding carboxylic acids is 2. The van der Waals surface area contributed by atoms with Crippen molar-refractivity contribution in [1.82, 2.24) is 19.8 Å². The molecule has 1 N–H and O–H groups in total. The summed E-state index contributed by atoms with van der Waals surface area (Å²) in [5.41, 5.74) is 5.68. The Kier molecular flexibility index (Phi) is 7.71. The molecule has 0 spiro atoms. The van der Waals surface area contributed by atoms with Gasteiger partial charge in [-0.2, -0.15) is 0 Å². The van der Waals surface area contributed by atoms with Crippen LogP contribution in [0.3, 0.4) is 0 Å². The molecular formula is C33H35N5O3S. The van der Waals surface area contributed by atoms with Crippen molar-refractivity contribution in [3.8, 4) is 0 Å². The number of anilines is 1. The number of hydrogen-bond donors (Lipinski definition) is 1. The molecule has 42 heavy (non-hydrogen) atoms. The van der Waals surface area contributed by atoms with Gasteiger partial charge in [-0.25, -0.2) is 4.98 Å². The van der Waals surface area contributed by atoms with Gasteiger partial charge in [-0.05, 0) is 85.6 Å². The molecule has 1 aromatic carbocycles. The lowest BCUT2D eigenvalue weighted by molar-refractivity contribution is -0.127. The van der Waals surface area contributed by atoms with Gasteiger partial charge in [0, 0.05) is 54.1 Å². The number of nitrogens with one attached hydrogen (secondary N) is 1. The molecule has 3 aromatic rings. The largest absolute Gasteiger partial charge is 0.379 e. The molecule has 2 atom stereocenters. The van der Waals surface area contributed by atoms with Crippen molar-refractivity contribution in [2.24, 2.45) is 0 Å². The Morgan fingerprint density at radius 1 is 1.05 bits per heavy atom. The third-order valence-electron chi connectivity index (χ3n) is 8.91. The number of pyridine rings is 1. The molecule has 2 aliphatic carbocycles. The predicted octanol–water partition coefficient (Wildman–Crippen LogP) is 5.06. The predicted molar refractivity (Wildman–Crippen MR) is 163 cm³/mol. The number of hydrogen-bond acceptors (Lipinski definition) is 7. The molecule has 4 aliphatic rings. The number of amides is 2. The molecule has 7 rings (SSSR count). The van der Waals surface area contributed by atoms with Crippen molar-refractivity contribution in [3.63, 3.8) is 0 Å². The van der Waals surface area contributed by atoms with E-state index in [2.05, 4.69) is 15.2 Å². The van der Waals surface area contributed by atoms with E-state index in [-0.39, 0.29) is 17.9 Å². The first-order valence-corrected chi connectivity index (χ1v) is 15.8. The Balaban J connectivity index is 1.02. The van der Waals surface area contributed by atoms with Crippen LogP contribution in [0.1, 0.15) is 63.8 Å². The number of benzene rings is 1. The normalized spacial score (nSPS) is 22.4. The lowest BCUT2D eigenvalue weighted by Gasteiger charge is -2.36. The van der Waals surface area contributed by atoms with Crippen molar-refractivity contribution in [1.29, 1.82) is 0 Å². The highest BCUT2D eigenvalue weighted by atomic mass is 32.1. The molecule has 0 saturated carbocycles. The highest BCUT2D eigenvalue weighted by molar-refractivity contribution is 7.15. The van der Waals surface area contributed by atoms with Crippen LogP contribution in [0.5, 0.6) is 0 Å². The smallest absolute Gasteiger partial charge is 0.257 e. The summed E-state index contributed by atoms with van der Waals surface area (Å²) in [6.45, 7) is 4.31. The Hall–Kier alpha value is -3.66. The van der Waals surface area contributed by atoms with Gasteiger partial charge >= 0.3 is 0 Å². The monoisotopic (exact) mass is 581 g/mol. The number of allylic oxidation sites excluding steroid dienone is 2. The van der Waals surface area contributed by atoms with Gasteiger partial charge in [0.05, 0.1) is 24.9 Å². The zero-order chi connectivity index (χ0) is 28.5. The topological polar surface area (TPSA) is 87.7 Å². The van der Waals surface area contributed by atoms with E-state index in [1.54, 1.807) is 23.7 Å². The van der Waals surface area contributed by atoms with Crippen LogP contribution in [0.15, 0.2) is 66.5 Å². The van der Waals surface area contributed by atoms with E-state index in [0.717, 1.165) is 92.8 Å². The zero-order valence-electron chi connectivity index (χ0n) is 23.6. The maximum Gasteiger partial charge on any atom is 0.257 e. The van der Waals surface area contributed by atoms with Crippen molar-refractivity contribution >= 4 is 33.9 Å². The number of fused-ring (bicyclic) bond motifs is 1. The van der Waals surface area contributed by atoms with Crippen LogP contribution in [0, 0.1) is 0 Å². The molecule has 0 radical (unpaired) electrons. The summed E-state index contributed by atoms with van der Waals surface area (Å²) < 4.78 is 5.53. The van der Waals surface area contributed by atoms with Crippen LogP contribution in [0.25, 0.3) is 5.57 Å². The fraction of sp³-hybridized carbons (Fsp3) is 0.394. The van der Waals surface area contributed by atoms with E-state index < -0.39 is 0 Å². The van der Waals surface area contributed by atoms with Gasteiger partial charge in [-0.1, -0.05) is 18.2 Å². The second kappa shape index (κ2) is 11.9. The maximum atomic E-state index is 13.6. The number of rotatable bonds is 6. The molecule has 216 valence electrons. The summed E-state index contributed by atoms with van der Waals surface area (Å²) in [6, 6.07) is 12.2. The third-order valence-corrected chi connectivity index (χ3v) is 9.95. The maximum absolute atomic E-state index is 13.6. The van der Waals surface area contributed by atoms with Crippen molar-refractivity contribution in [3.05, 3.63) is 93.8 Å². The van der Waals surface area contributed by atoms with Crippen molar-refractivity contribution in [2.75, 3.05) is 38.2 Å². The average molecular weight is 582 g/mol. The summed E-state index contributed by atoms with van der Waals surface area (Å²) in [5.74, 6) is -0.105. The molecule has 2 amide bonds. The molecule has 2 saturated heterocycles. The Morgan fingerprint density at radius 2 is 1.90 bits per heavy atom. The van der Waals surface area contributed by atoms with Gasteiger partial charge in [0.2, 0.25) is 0 Å². The van der Waals surface area contributed by atoms with Crippen LogP contribution < -0.4 is 5.32 Å². The Morgan fingerprint density at radius 3 is 2.76 bits per heavy atom. The number of carbonyl (C=O) groups is 2. The van der Waals surface area contributed by atoms with Crippen LogP contribution in [0.2, 0.25) is 0 Å². The number of nitrogens with zero attached hydrogens (tertiary/aromatic N) is 4. The fourth-order valence-corrected chi connectivity index (χ4v) is 7.76. The van der Waals surface area contributed by atoms with Crippen LogP contribution in [-0.4, -0.2) is 70.5 Å². The minimum Gasteiger partial charge on any atom is -0.379 e. The van der Waals surface area contributed by atoms with Gasteiger partial charge in [-0.3, -0.25) is 24.8 Å². The van der Waals surface area contributed by atoms with Gasteiger partial charge in [-0.15, -0.1) is 11.3 Å². The van der Waals surface area contributed by atoms with E-state index in [0.29, 0.717) is 23.3 Å². The number of aromatic nitrogens is 2. The summed E-state index contributed by atoms with van der Waals surface area (Å²) in [7, 11) is 0. The van der Waals surface area contributed by atoms with Crippen LogP contribution in [0.4, 0.5) is 5.13 Å². The second-order valence-electron chi connectivity index (χ2n) is 11.4. The first-order chi connectivity index (χ1) is 20.6. The molecular weight excluding hydrogens is 546 g/mol. The van der Waals surface area contributed by atoms with E-state index in [1.807, 2.05) is 53.5 Å². The zero-order valence-corrected chi connectivity index (χ0v) is 24.4. The summed E-state index contributed by atoms with van der Waals surface area (Å²) in [4.78, 5) is 41.6. The molecule has 2 fully saturated rings. The molecule has 4 heterocycles. The number of ether oxygens (including phenoxy) is 1. The summed E-state index contributed by atoms with van der Waals surface area (Å²) in [5, 5.41) is 3.73. The molecule has 0 bridgehead atoms. The first-order valence-electron chi connectivity index (χ1n) is 15.0. The molecule has 2 aliphatic heterocycles. The Bertz CT molecular complexity index is 1540.